The fourth-order valence-corrected chi connectivity index (χ4v) is 2.54. The SMILES string of the molecule is CCC(CC)C(O)CCc1cccs1. The van der Waals surface area contributed by atoms with E-state index in [2.05, 4.69) is 31.4 Å². The fraction of sp³-hybridized carbons (Fsp3) is 0.667. The predicted molar refractivity (Wildman–Crippen MR) is 62.7 cm³/mol. The average molecular weight is 212 g/mol. The molecule has 0 aromatic carbocycles. The van der Waals surface area contributed by atoms with Gasteiger partial charge in [-0.05, 0) is 30.2 Å². The number of hydrogen-bond donors (Lipinski definition) is 1. The number of hydrogen-bond acceptors (Lipinski definition) is 2. The topological polar surface area (TPSA) is 20.2 Å². The number of rotatable bonds is 6. The van der Waals surface area contributed by atoms with E-state index in [9.17, 15) is 5.11 Å². The smallest absolute Gasteiger partial charge is 0.0571 e. The van der Waals surface area contributed by atoms with Gasteiger partial charge >= 0.3 is 0 Å². The molecule has 1 unspecified atom stereocenters. The van der Waals surface area contributed by atoms with Crippen molar-refractivity contribution in [3.63, 3.8) is 0 Å². The third-order valence-electron chi connectivity index (χ3n) is 2.86. The summed E-state index contributed by atoms with van der Waals surface area (Å²) >= 11 is 1.78. The quantitative estimate of drug-likeness (QED) is 0.765. The Labute approximate surface area is 90.8 Å². The second-order valence-corrected chi connectivity index (χ2v) is 4.79. The highest BCUT2D eigenvalue weighted by Gasteiger charge is 2.14. The Morgan fingerprint density at radius 3 is 2.57 bits per heavy atom. The summed E-state index contributed by atoms with van der Waals surface area (Å²) < 4.78 is 0. The molecule has 1 aromatic rings. The zero-order chi connectivity index (χ0) is 10.4. The van der Waals surface area contributed by atoms with Crippen LogP contribution in [0, 0.1) is 5.92 Å². The number of aliphatic hydroxyl groups excluding tert-OH is 1. The van der Waals surface area contributed by atoms with Crippen molar-refractivity contribution in [2.75, 3.05) is 0 Å². The molecule has 0 saturated carbocycles. The van der Waals surface area contributed by atoms with Crippen molar-refractivity contribution < 1.29 is 5.11 Å². The molecule has 0 saturated heterocycles. The lowest BCUT2D eigenvalue weighted by Crippen LogP contribution is -2.19. The molecule has 0 aliphatic carbocycles. The molecule has 1 heterocycles. The van der Waals surface area contributed by atoms with Gasteiger partial charge in [0.2, 0.25) is 0 Å². The second-order valence-electron chi connectivity index (χ2n) is 3.76. The summed E-state index contributed by atoms with van der Waals surface area (Å²) in [7, 11) is 0. The summed E-state index contributed by atoms with van der Waals surface area (Å²) in [6, 6.07) is 4.22. The lowest BCUT2D eigenvalue weighted by Gasteiger charge is -2.19. The molecule has 0 fully saturated rings. The molecule has 1 atom stereocenters. The molecule has 0 aliphatic heterocycles. The molecule has 14 heavy (non-hydrogen) atoms. The average Bonchev–Trinajstić information content (AvgIpc) is 2.69. The van der Waals surface area contributed by atoms with Gasteiger partial charge in [0.1, 0.15) is 0 Å². The summed E-state index contributed by atoms with van der Waals surface area (Å²) in [5.74, 6) is 0.481. The lowest BCUT2D eigenvalue weighted by molar-refractivity contribution is 0.0947. The molecule has 2 heteroatoms. The molecule has 0 spiro atoms. The molecular weight excluding hydrogens is 192 g/mol. The molecule has 0 amide bonds. The van der Waals surface area contributed by atoms with Crippen molar-refractivity contribution in [2.24, 2.45) is 5.92 Å². The summed E-state index contributed by atoms with van der Waals surface area (Å²) in [5, 5.41) is 12.0. The van der Waals surface area contributed by atoms with Gasteiger partial charge in [0.15, 0.2) is 0 Å². The lowest BCUT2D eigenvalue weighted by atomic mass is 9.93. The van der Waals surface area contributed by atoms with E-state index in [1.165, 1.54) is 4.88 Å². The van der Waals surface area contributed by atoms with Crippen LogP contribution in [0.15, 0.2) is 17.5 Å². The Morgan fingerprint density at radius 1 is 1.36 bits per heavy atom. The Balaban J connectivity index is 2.30. The molecular formula is C12H20OS. The van der Waals surface area contributed by atoms with Gasteiger partial charge in [-0.3, -0.25) is 0 Å². The van der Waals surface area contributed by atoms with E-state index in [1.54, 1.807) is 11.3 Å². The van der Waals surface area contributed by atoms with Crippen LogP contribution in [0.2, 0.25) is 0 Å². The van der Waals surface area contributed by atoms with Crippen molar-refractivity contribution in [1.82, 2.24) is 0 Å². The van der Waals surface area contributed by atoms with Crippen LogP contribution in [-0.4, -0.2) is 11.2 Å². The van der Waals surface area contributed by atoms with Crippen LogP contribution < -0.4 is 0 Å². The predicted octanol–water partition coefficient (Wildman–Crippen LogP) is 3.48. The minimum atomic E-state index is -0.118. The Hall–Kier alpha value is -0.340. The van der Waals surface area contributed by atoms with Gasteiger partial charge in [0.05, 0.1) is 6.10 Å². The highest BCUT2D eigenvalue weighted by atomic mass is 32.1. The molecule has 0 radical (unpaired) electrons. The van der Waals surface area contributed by atoms with Crippen molar-refractivity contribution in [3.8, 4) is 0 Å². The molecule has 0 aliphatic rings. The third-order valence-corrected chi connectivity index (χ3v) is 3.80. The molecule has 0 bridgehead atoms. The summed E-state index contributed by atoms with van der Waals surface area (Å²) in [6.07, 6.45) is 3.99. The summed E-state index contributed by atoms with van der Waals surface area (Å²) in [6.45, 7) is 4.31. The summed E-state index contributed by atoms with van der Waals surface area (Å²) in [5.41, 5.74) is 0. The third kappa shape index (κ3) is 3.43. The van der Waals surface area contributed by atoms with E-state index in [-0.39, 0.29) is 6.10 Å². The van der Waals surface area contributed by atoms with Gasteiger partial charge in [-0.2, -0.15) is 0 Å². The Bertz CT molecular complexity index is 226. The van der Waals surface area contributed by atoms with Gasteiger partial charge in [0, 0.05) is 4.88 Å². The van der Waals surface area contributed by atoms with E-state index in [1.807, 2.05) is 0 Å². The van der Waals surface area contributed by atoms with E-state index >= 15 is 0 Å². The maximum Gasteiger partial charge on any atom is 0.0571 e. The van der Waals surface area contributed by atoms with Crippen molar-refractivity contribution in [2.45, 2.75) is 45.6 Å². The largest absolute Gasteiger partial charge is 0.393 e. The van der Waals surface area contributed by atoms with Crippen LogP contribution in [-0.2, 0) is 6.42 Å². The minimum absolute atomic E-state index is 0.118. The number of thiophene rings is 1. The van der Waals surface area contributed by atoms with Gasteiger partial charge in [-0.1, -0.05) is 32.8 Å². The summed E-state index contributed by atoms with van der Waals surface area (Å²) in [4.78, 5) is 1.38. The van der Waals surface area contributed by atoms with E-state index in [0.717, 1.165) is 25.7 Å². The van der Waals surface area contributed by atoms with Crippen LogP contribution >= 0.6 is 11.3 Å². The monoisotopic (exact) mass is 212 g/mol. The van der Waals surface area contributed by atoms with Crippen LogP contribution in [0.5, 0.6) is 0 Å². The van der Waals surface area contributed by atoms with E-state index < -0.39 is 0 Å². The zero-order valence-corrected chi connectivity index (χ0v) is 9.89. The maximum absolute atomic E-state index is 9.91. The standard InChI is InChI=1S/C12H20OS/c1-3-10(4-2)12(13)8-7-11-6-5-9-14-11/h5-6,9-10,12-13H,3-4,7-8H2,1-2H3. The highest BCUT2D eigenvalue weighted by Crippen LogP contribution is 2.19. The Morgan fingerprint density at radius 2 is 2.07 bits per heavy atom. The zero-order valence-electron chi connectivity index (χ0n) is 9.07. The normalized spacial score (nSPS) is 13.4. The molecule has 80 valence electrons. The minimum Gasteiger partial charge on any atom is -0.393 e. The van der Waals surface area contributed by atoms with Crippen LogP contribution in [0.25, 0.3) is 0 Å². The van der Waals surface area contributed by atoms with Crippen molar-refractivity contribution >= 4 is 11.3 Å². The fourth-order valence-electron chi connectivity index (χ4n) is 1.81. The first-order chi connectivity index (χ1) is 6.77. The second kappa shape index (κ2) is 6.20. The van der Waals surface area contributed by atoms with Gasteiger partial charge < -0.3 is 5.11 Å². The first-order valence-corrected chi connectivity index (χ1v) is 6.36. The first kappa shape index (κ1) is 11.7. The van der Waals surface area contributed by atoms with Crippen LogP contribution in [0.4, 0.5) is 0 Å². The van der Waals surface area contributed by atoms with Crippen LogP contribution in [0.3, 0.4) is 0 Å². The molecule has 1 aromatic heterocycles. The van der Waals surface area contributed by atoms with Crippen LogP contribution in [0.1, 0.15) is 38.0 Å². The molecule has 1 rings (SSSR count). The first-order valence-electron chi connectivity index (χ1n) is 5.48. The number of aliphatic hydroxyl groups is 1. The van der Waals surface area contributed by atoms with Gasteiger partial charge in [0.25, 0.3) is 0 Å². The maximum atomic E-state index is 9.91. The van der Waals surface area contributed by atoms with Gasteiger partial charge in [-0.15, -0.1) is 11.3 Å². The van der Waals surface area contributed by atoms with Crippen molar-refractivity contribution in [3.05, 3.63) is 22.4 Å². The van der Waals surface area contributed by atoms with E-state index in [0.29, 0.717) is 5.92 Å². The van der Waals surface area contributed by atoms with E-state index in [4.69, 9.17) is 0 Å². The van der Waals surface area contributed by atoms with Gasteiger partial charge in [-0.25, -0.2) is 0 Å². The molecule has 1 nitrogen and oxygen atoms in total. The number of aryl methyl sites for hydroxylation is 1. The molecule has 1 N–H and O–H groups in total. The van der Waals surface area contributed by atoms with Crippen molar-refractivity contribution in [1.29, 1.82) is 0 Å². The highest BCUT2D eigenvalue weighted by molar-refractivity contribution is 7.09. The Kier molecular flexibility index (Phi) is 5.20.